The molecule has 1 aromatic rings. The quantitative estimate of drug-likeness (QED) is 0.615. The van der Waals surface area contributed by atoms with Gasteiger partial charge >= 0.3 is 0 Å². The molecule has 0 unspecified atom stereocenters. The van der Waals surface area contributed by atoms with Gasteiger partial charge in [-0.2, -0.15) is 0 Å². The van der Waals surface area contributed by atoms with Crippen LogP contribution in [0, 0.1) is 0 Å². The average Bonchev–Trinajstić information content (AvgIpc) is 2.47. The third-order valence-electron chi connectivity index (χ3n) is 1.33. The van der Waals surface area contributed by atoms with Gasteiger partial charge in [0, 0.05) is 36.2 Å². The Bertz CT molecular complexity index is 330. The van der Waals surface area contributed by atoms with Crippen molar-refractivity contribution in [1.82, 2.24) is 4.90 Å². The highest BCUT2D eigenvalue weighted by Crippen LogP contribution is 2.20. The molecule has 0 saturated heterocycles. The van der Waals surface area contributed by atoms with Crippen molar-refractivity contribution in [3.8, 4) is 0 Å². The van der Waals surface area contributed by atoms with Gasteiger partial charge in [-0.3, -0.25) is 4.79 Å². The third kappa shape index (κ3) is 3.32. The van der Waals surface area contributed by atoms with E-state index in [0.717, 1.165) is 9.35 Å². The fourth-order valence-electron chi connectivity index (χ4n) is 0.741. The van der Waals surface area contributed by atoms with Crippen LogP contribution in [0.25, 0.3) is 0 Å². The first-order chi connectivity index (χ1) is 6.09. The number of halogens is 1. The Hall–Kier alpha value is -0.610. The minimum absolute atomic E-state index is 0.0457. The summed E-state index contributed by atoms with van der Waals surface area (Å²) < 4.78 is 0.958. The number of allylic oxidation sites excluding steroid dienone is 1. The average molecular weight is 260 g/mol. The van der Waals surface area contributed by atoms with Gasteiger partial charge in [-0.25, -0.2) is 0 Å². The summed E-state index contributed by atoms with van der Waals surface area (Å²) in [7, 11) is 3.77. The van der Waals surface area contributed by atoms with E-state index in [4.69, 9.17) is 0 Å². The SMILES string of the molecule is CN(C)C=CC(=O)c1cc(Br)cs1. The van der Waals surface area contributed by atoms with Crippen molar-refractivity contribution in [2.75, 3.05) is 14.1 Å². The second kappa shape index (κ2) is 4.58. The molecule has 4 heteroatoms. The fraction of sp³-hybridized carbons (Fsp3) is 0.222. The lowest BCUT2D eigenvalue weighted by Gasteiger charge is -2.01. The molecule has 0 aliphatic heterocycles. The lowest BCUT2D eigenvalue weighted by molar-refractivity contribution is 0.104. The molecule has 70 valence electrons. The number of nitrogens with zero attached hydrogens (tertiary/aromatic N) is 1. The maximum absolute atomic E-state index is 11.4. The molecule has 1 rings (SSSR count). The Morgan fingerprint density at radius 1 is 1.62 bits per heavy atom. The number of thiophene rings is 1. The van der Waals surface area contributed by atoms with Crippen LogP contribution in [0.15, 0.2) is 28.2 Å². The fourth-order valence-corrected chi connectivity index (χ4v) is 2.09. The van der Waals surface area contributed by atoms with Crippen LogP contribution in [0.5, 0.6) is 0 Å². The Labute approximate surface area is 90.0 Å². The first kappa shape index (κ1) is 10.5. The summed E-state index contributed by atoms with van der Waals surface area (Å²) in [6, 6.07) is 1.83. The van der Waals surface area contributed by atoms with Crippen LogP contribution in [-0.4, -0.2) is 24.8 Å². The zero-order valence-electron chi connectivity index (χ0n) is 7.45. The monoisotopic (exact) mass is 259 g/mol. The highest BCUT2D eigenvalue weighted by atomic mass is 79.9. The first-order valence-electron chi connectivity index (χ1n) is 3.72. The first-order valence-corrected chi connectivity index (χ1v) is 5.40. The lowest BCUT2D eigenvalue weighted by Crippen LogP contribution is -2.02. The van der Waals surface area contributed by atoms with Crippen molar-refractivity contribution >= 4 is 33.0 Å². The summed E-state index contributed by atoms with van der Waals surface area (Å²) in [5.74, 6) is 0.0457. The molecule has 0 aliphatic carbocycles. The van der Waals surface area contributed by atoms with Crippen molar-refractivity contribution in [3.05, 3.63) is 33.1 Å². The van der Waals surface area contributed by atoms with E-state index in [0.29, 0.717) is 0 Å². The van der Waals surface area contributed by atoms with Gasteiger partial charge < -0.3 is 4.90 Å². The van der Waals surface area contributed by atoms with Gasteiger partial charge in [0.2, 0.25) is 0 Å². The van der Waals surface area contributed by atoms with Crippen LogP contribution in [-0.2, 0) is 0 Å². The maximum atomic E-state index is 11.4. The molecule has 0 bridgehead atoms. The second-order valence-corrected chi connectivity index (χ2v) is 4.60. The molecule has 1 aromatic heterocycles. The molecule has 0 spiro atoms. The number of carbonyl (C=O) groups is 1. The molecular weight excluding hydrogens is 250 g/mol. The summed E-state index contributed by atoms with van der Waals surface area (Å²) in [6.07, 6.45) is 3.31. The van der Waals surface area contributed by atoms with Gasteiger partial charge in [-0.1, -0.05) is 0 Å². The molecule has 0 aromatic carbocycles. The molecule has 0 N–H and O–H groups in total. The highest BCUT2D eigenvalue weighted by molar-refractivity contribution is 9.10. The second-order valence-electron chi connectivity index (χ2n) is 2.77. The van der Waals surface area contributed by atoms with E-state index in [-0.39, 0.29) is 5.78 Å². The molecule has 0 aliphatic rings. The van der Waals surface area contributed by atoms with Gasteiger partial charge in [-0.05, 0) is 22.0 Å². The number of hydrogen-bond acceptors (Lipinski definition) is 3. The third-order valence-corrected chi connectivity index (χ3v) is 3.04. The molecule has 0 radical (unpaired) electrons. The smallest absolute Gasteiger partial charge is 0.197 e. The zero-order valence-corrected chi connectivity index (χ0v) is 9.85. The van der Waals surface area contributed by atoms with Gasteiger partial charge in [0.05, 0.1) is 4.88 Å². The minimum Gasteiger partial charge on any atom is -0.383 e. The molecule has 0 saturated carbocycles. The molecular formula is C9H10BrNOS. The molecule has 0 fully saturated rings. The molecule has 0 atom stereocenters. The summed E-state index contributed by atoms with van der Waals surface area (Å²) in [4.78, 5) is 14.0. The van der Waals surface area contributed by atoms with Crippen LogP contribution in [0.2, 0.25) is 0 Å². The summed E-state index contributed by atoms with van der Waals surface area (Å²) in [5, 5.41) is 1.90. The predicted molar refractivity (Wildman–Crippen MR) is 59.2 cm³/mol. The van der Waals surface area contributed by atoms with Gasteiger partial charge in [0.15, 0.2) is 5.78 Å². The van der Waals surface area contributed by atoms with Crippen molar-refractivity contribution < 1.29 is 4.79 Å². The Balaban J connectivity index is 2.69. The van der Waals surface area contributed by atoms with Crippen LogP contribution >= 0.6 is 27.3 Å². The number of ketones is 1. The van der Waals surface area contributed by atoms with E-state index in [1.807, 2.05) is 30.4 Å². The van der Waals surface area contributed by atoms with Crippen LogP contribution in [0.1, 0.15) is 9.67 Å². The van der Waals surface area contributed by atoms with E-state index in [9.17, 15) is 4.79 Å². The molecule has 1 heterocycles. The van der Waals surface area contributed by atoms with Gasteiger partial charge in [0.25, 0.3) is 0 Å². The standard InChI is InChI=1S/C9H10BrNOS/c1-11(2)4-3-8(12)9-5-7(10)6-13-9/h3-6H,1-2H3. The highest BCUT2D eigenvalue weighted by Gasteiger charge is 2.04. The van der Waals surface area contributed by atoms with Crippen molar-refractivity contribution in [2.45, 2.75) is 0 Å². The number of hydrogen-bond donors (Lipinski definition) is 0. The largest absolute Gasteiger partial charge is 0.383 e. The normalized spacial score (nSPS) is 10.7. The predicted octanol–water partition coefficient (Wildman–Crippen LogP) is 2.77. The van der Waals surface area contributed by atoms with E-state index in [2.05, 4.69) is 15.9 Å². The Morgan fingerprint density at radius 3 is 2.77 bits per heavy atom. The topological polar surface area (TPSA) is 20.3 Å². The van der Waals surface area contributed by atoms with Gasteiger partial charge in [-0.15, -0.1) is 11.3 Å². The number of rotatable bonds is 3. The van der Waals surface area contributed by atoms with Crippen molar-refractivity contribution in [1.29, 1.82) is 0 Å². The summed E-state index contributed by atoms with van der Waals surface area (Å²) in [6.45, 7) is 0. The van der Waals surface area contributed by atoms with E-state index in [1.165, 1.54) is 11.3 Å². The summed E-state index contributed by atoms with van der Waals surface area (Å²) >= 11 is 4.75. The zero-order chi connectivity index (χ0) is 9.84. The molecule has 13 heavy (non-hydrogen) atoms. The Morgan fingerprint density at radius 2 is 2.31 bits per heavy atom. The van der Waals surface area contributed by atoms with Crippen molar-refractivity contribution in [3.63, 3.8) is 0 Å². The minimum atomic E-state index is 0.0457. The summed E-state index contributed by atoms with van der Waals surface area (Å²) in [5.41, 5.74) is 0. The van der Waals surface area contributed by atoms with E-state index >= 15 is 0 Å². The van der Waals surface area contributed by atoms with Crippen LogP contribution < -0.4 is 0 Å². The lowest BCUT2D eigenvalue weighted by atomic mass is 10.3. The Kier molecular flexibility index (Phi) is 3.69. The van der Waals surface area contributed by atoms with E-state index < -0.39 is 0 Å². The van der Waals surface area contributed by atoms with Gasteiger partial charge in [0.1, 0.15) is 0 Å². The van der Waals surface area contributed by atoms with Crippen molar-refractivity contribution in [2.24, 2.45) is 0 Å². The van der Waals surface area contributed by atoms with Crippen LogP contribution in [0.3, 0.4) is 0 Å². The van der Waals surface area contributed by atoms with E-state index in [1.54, 1.807) is 12.3 Å². The number of carbonyl (C=O) groups excluding carboxylic acids is 1. The molecule has 2 nitrogen and oxygen atoms in total. The van der Waals surface area contributed by atoms with Crippen LogP contribution in [0.4, 0.5) is 0 Å². The molecule has 0 amide bonds. The maximum Gasteiger partial charge on any atom is 0.197 e.